The van der Waals surface area contributed by atoms with Gasteiger partial charge >= 0.3 is 0 Å². The predicted molar refractivity (Wildman–Crippen MR) is 79.8 cm³/mol. The van der Waals surface area contributed by atoms with E-state index in [1.165, 1.54) is 18.2 Å². The smallest absolute Gasteiger partial charge is 0.293 e. The number of hydrogen-bond acceptors (Lipinski definition) is 5. The molecule has 1 saturated heterocycles. The second-order valence-corrected chi connectivity index (χ2v) is 5.59. The highest BCUT2D eigenvalue weighted by molar-refractivity contribution is 5.96. The number of benzene rings is 1. The first kappa shape index (κ1) is 15.2. The predicted octanol–water partition coefficient (Wildman–Crippen LogP) is 2.14. The lowest BCUT2D eigenvalue weighted by Gasteiger charge is -2.27. The zero-order valence-electron chi connectivity index (χ0n) is 12.2. The number of hydrazine groups is 1. The molecule has 7 heteroatoms. The number of likely N-dealkylation sites (tertiary alicyclic amines) is 1. The average molecular weight is 292 g/mol. The van der Waals surface area contributed by atoms with Crippen LogP contribution in [0.3, 0.4) is 0 Å². The fourth-order valence-corrected chi connectivity index (χ4v) is 2.85. The van der Waals surface area contributed by atoms with E-state index in [1.54, 1.807) is 0 Å². The summed E-state index contributed by atoms with van der Waals surface area (Å²) in [4.78, 5) is 24.8. The van der Waals surface area contributed by atoms with Gasteiger partial charge in [-0.1, -0.05) is 13.8 Å². The number of nitrogens with zero attached hydrogens (tertiary/aromatic N) is 2. The summed E-state index contributed by atoms with van der Waals surface area (Å²) in [6.45, 7) is 4.92. The third-order valence-corrected chi connectivity index (χ3v) is 3.93. The Balaban J connectivity index is 2.29. The first-order valence-corrected chi connectivity index (χ1v) is 7.01. The van der Waals surface area contributed by atoms with E-state index in [9.17, 15) is 14.9 Å². The topological polar surface area (TPSA) is 102 Å². The number of hydrogen-bond donors (Lipinski definition) is 2. The fraction of sp³-hybridized carbons (Fsp3) is 0.500. The van der Waals surface area contributed by atoms with E-state index in [0.717, 1.165) is 19.4 Å². The molecule has 114 valence electrons. The highest BCUT2D eigenvalue weighted by Crippen LogP contribution is 2.29. The molecule has 1 aliphatic heterocycles. The van der Waals surface area contributed by atoms with Crippen molar-refractivity contribution in [2.45, 2.75) is 32.7 Å². The SMILES string of the molecule is CC(C)C1CCCN1C(=O)c1ccc([N+](=O)[O-])c(NN)c1. The van der Waals surface area contributed by atoms with Crippen LogP contribution in [0.1, 0.15) is 37.0 Å². The van der Waals surface area contributed by atoms with Crippen LogP contribution in [0.5, 0.6) is 0 Å². The summed E-state index contributed by atoms with van der Waals surface area (Å²) in [6, 6.07) is 4.46. The molecule has 0 radical (unpaired) electrons. The zero-order chi connectivity index (χ0) is 15.6. The van der Waals surface area contributed by atoms with Crippen LogP contribution in [0.2, 0.25) is 0 Å². The molecule has 7 nitrogen and oxygen atoms in total. The number of nitrogen functional groups attached to an aromatic ring is 1. The second-order valence-electron chi connectivity index (χ2n) is 5.59. The average Bonchev–Trinajstić information content (AvgIpc) is 2.95. The third kappa shape index (κ3) is 2.97. The summed E-state index contributed by atoms with van der Waals surface area (Å²) < 4.78 is 0. The number of anilines is 1. The lowest BCUT2D eigenvalue weighted by atomic mass is 10.0. The number of carbonyl (C=O) groups excluding carboxylic acids is 1. The van der Waals surface area contributed by atoms with E-state index < -0.39 is 4.92 Å². The molecule has 1 aromatic rings. The van der Waals surface area contributed by atoms with Crippen molar-refractivity contribution in [3.05, 3.63) is 33.9 Å². The number of rotatable bonds is 4. The van der Waals surface area contributed by atoms with Crippen molar-refractivity contribution < 1.29 is 9.72 Å². The van der Waals surface area contributed by atoms with Crippen LogP contribution in [0.25, 0.3) is 0 Å². The van der Waals surface area contributed by atoms with Crippen molar-refractivity contribution in [1.29, 1.82) is 0 Å². The summed E-state index contributed by atoms with van der Waals surface area (Å²) >= 11 is 0. The van der Waals surface area contributed by atoms with Crippen molar-refractivity contribution >= 4 is 17.3 Å². The van der Waals surface area contributed by atoms with E-state index >= 15 is 0 Å². The lowest BCUT2D eigenvalue weighted by Crippen LogP contribution is -2.38. The highest BCUT2D eigenvalue weighted by atomic mass is 16.6. The Bertz CT molecular complexity index is 559. The van der Waals surface area contributed by atoms with Crippen LogP contribution >= 0.6 is 0 Å². The molecule has 0 spiro atoms. The molecule has 0 bridgehead atoms. The minimum atomic E-state index is -0.532. The van der Waals surface area contributed by atoms with E-state index in [-0.39, 0.29) is 23.3 Å². The van der Waals surface area contributed by atoms with E-state index in [4.69, 9.17) is 5.84 Å². The Morgan fingerprint density at radius 3 is 2.81 bits per heavy atom. The Hall–Kier alpha value is -2.15. The molecular weight excluding hydrogens is 272 g/mol. The summed E-state index contributed by atoms with van der Waals surface area (Å²) in [7, 11) is 0. The molecule has 1 fully saturated rings. The zero-order valence-corrected chi connectivity index (χ0v) is 12.2. The van der Waals surface area contributed by atoms with Crippen LogP contribution in [0.15, 0.2) is 18.2 Å². The van der Waals surface area contributed by atoms with Gasteiger partial charge in [-0.25, -0.2) is 0 Å². The quantitative estimate of drug-likeness (QED) is 0.503. The Labute approximate surface area is 123 Å². The molecule has 0 aromatic heterocycles. The van der Waals surface area contributed by atoms with Crippen molar-refractivity contribution in [2.24, 2.45) is 11.8 Å². The van der Waals surface area contributed by atoms with Gasteiger partial charge in [0.25, 0.3) is 11.6 Å². The maximum Gasteiger partial charge on any atom is 0.293 e. The number of nitro groups is 1. The maximum atomic E-state index is 12.6. The first-order chi connectivity index (χ1) is 9.95. The van der Waals surface area contributed by atoms with Gasteiger partial charge in [0.1, 0.15) is 5.69 Å². The standard InChI is InChI=1S/C14H20N4O3/c1-9(2)12-4-3-7-17(12)14(19)10-5-6-13(18(20)21)11(8-10)16-15/h5-6,8-9,12,16H,3-4,7,15H2,1-2H3. The van der Waals surface area contributed by atoms with Gasteiger partial charge in [-0.3, -0.25) is 20.8 Å². The second kappa shape index (κ2) is 6.09. The van der Waals surface area contributed by atoms with E-state index in [2.05, 4.69) is 19.3 Å². The molecule has 2 rings (SSSR count). The van der Waals surface area contributed by atoms with Gasteiger partial charge in [-0.05, 0) is 30.9 Å². The number of amides is 1. The normalized spacial score (nSPS) is 18.1. The molecular formula is C14H20N4O3. The Morgan fingerprint density at radius 1 is 1.52 bits per heavy atom. The maximum absolute atomic E-state index is 12.6. The number of carbonyl (C=O) groups is 1. The van der Waals surface area contributed by atoms with E-state index in [1.807, 2.05) is 4.90 Å². The van der Waals surface area contributed by atoms with Gasteiger partial charge < -0.3 is 10.3 Å². The third-order valence-electron chi connectivity index (χ3n) is 3.93. The number of nitrogens with two attached hydrogens (primary N) is 1. The van der Waals surface area contributed by atoms with Crippen LogP contribution in [0, 0.1) is 16.0 Å². The number of nitrogens with one attached hydrogen (secondary N) is 1. The van der Waals surface area contributed by atoms with Crippen molar-refractivity contribution in [1.82, 2.24) is 4.90 Å². The monoisotopic (exact) mass is 292 g/mol. The Kier molecular flexibility index (Phi) is 4.42. The summed E-state index contributed by atoms with van der Waals surface area (Å²) in [6.07, 6.45) is 1.99. The summed E-state index contributed by atoms with van der Waals surface area (Å²) in [5.74, 6) is 5.60. The highest BCUT2D eigenvalue weighted by Gasteiger charge is 2.31. The van der Waals surface area contributed by atoms with Gasteiger partial charge in [-0.2, -0.15) is 0 Å². The van der Waals surface area contributed by atoms with Crippen LogP contribution in [-0.4, -0.2) is 28.3 Å². The molecule has 1 unspecified atom stereocenters. The van der Waals surface area contributed by atoms with Crippen molar-refractivity contribution in [3.8, 4) is 0 Å². The minimum absolute atomic E-state index is 0.0994. The van der Waals surface area contributed by atoms with Crippen LogP contribution < -0.4 is 11.3 Å². The van der Waals surface area contributed by atoms with Crippen molar-refractivity contribution in [2.75, 3.05) is 12.0 Å². The number of nitro benzene ring substituents is 1. The molecule has 0 aliphatic carbocycles. The summed E-state index contributed by atoms with van der Waals surface area (Å²) in [5, 5.41) is 10.9. The van der Waals surface area contributed by atoms with Gasteiger partial charge in [0.2, 0.25) is 0 Å². The van der Waals surface area contributed by atoms with Gasteiger partial charge in [0.05, 0.1) is 4.92 Å². The molecule has 21 heavy (non-hydrogen) atoms. The molecule has 1 aliphatic rings. The largest absolute Gasteiger partial charge is 0.335 e. The first-order valence-electron chi connectivity index (χ1n) is 7.01. The van der Waals surface area contributed by atoms with Crippen LogP contribution in [0.4, 0.5) is 11.4 Å². The molecule has 0 saturated carbocycles. The van der Waals surface area contributed by atoms with E-state index in [0.29, 0.717) is 11.5 Å². The van der Waals surface area contributed by atoms with Gasteiger partial charge in [0, 0.05) is 24.2 Å². The van der Waals surface area contributed by atoms with Gasteiger partial charge in [0.15, 0.2) is 0 Å². The fourth-order valence-electron chi connectivity index (χ4n) is 2.85. The Morgan fingerprint density at radius 2 is 2.24 bits per heavy atom. The molecule has 1 atom stereocenters. The summed E-state index contributed by atoms with van der Waals surface area (Å²) in [5.41, 5.74) is 2.70. The molecule has 1 amide bonds. The lowest BCUT2D eigenvalue weighted by molar-refractivity contribution is -0.384. The van der Waals surface area contributed by atoms with Crippen molar-refractivity contribution in [3.63, 3.8) is 0 Å². The minimum Gasteiger partial charge on any atom is -0.335 e. The molecule has 3 N–H and O–H groups in total. The van der Waals surface area contributed by atoms with Crippen LogP contribution in [-0.2, 0) is 0 Å². The van der Waals surface area contributed by atoms with Gasteiger partial charge in [-0.15, -0.1) is 0 Å². The molecule has 1 aromatic carbocycles. The molecule has 1 heterocycles.